The molecule has 5 heteroatoms. The van der Waals surface area contributed by atoms with E-state index in [9.17, 15) is 9.59 Å². The highest BCUT2D eigenvalue weighted by molar-refractivity contribution is 5.95. The number of hydrogen-bond acceptors (Lipinski definition) is 4. The Morgan fingerprint density at radius 3 is 2.41 bits per heavy atom. The number of carbonyl (C=O) groups is 2. The average molecular weight is 298 g/mol. The Bertz CT molecular complexity index is 614. The Morgan fingerprint density at radius 2 is 1.77 bits per heavy atom. The Balaban J connectivity index is 2.17. The molecule has 0 saturated heterocycles. The second-order valence-electron chi connectivity index (χ2n) is 4.69. The first-order chi connectivity index (χ1) is 10.7. The van der Waals surface area contributed by atoms with Crippen LogP contribution in [0.1, 0.15) is 22.8 Å². The van der Waals surface area contributed by atoms with Crippen LogP contribution < -0.4 is 0 Å². The van der Waals surface area contributed by atoms with Gasteiger partial charge in [0.05, 0.1) is 6.61 Å². The average Bonchev–Trinajstić information content (AvgIpc) is 2.55. The van der Waals surface area contributed by atoms with E-state index in [1.54, 1.807) is 31.5 Å². The van der Waals surface area contributed by atoms with Crippen LogP contribution >= 0.6 is 0 Å². The molecule has 0 aliphatic carbocycles. The number of pyridine rings is 1. The Morgan fingerprint density at radius 1 is 1.09 bits per heavy atom. The third-order valence-electron chi connectivity index (χ3n) is 3.06. The topological polar surface area (TPSA) is 59.5 Å². The lowest BCUT2D eigenvalue weighted by Gasteiger charge is -2.22. The summed E-state index contributed by atoms with van der Waals surface area (Å²) in [5.41, 5.74) is 1.45. The van der Waals surface area contributed by atoms with Crippen LogP contribution in [0.4, 0.5) is 0 Å². The molecule has 1 heterocycles. The number of carbonyl (C=O) groups excluding carboxylic acids is 2. The molecule has 22 heavy (non-hydrogen) atoms. The standard InChI is InChI=1S/C17H18N2O3/c1-2-22-16(20)13-19(12-14-6-4-3-5-7-14)17(21)15-8-10-18-11-9-15/h3-11H,2,12-13H2,1H3. The van der Waals surface area contributed by atoms with Gasteiger partial charge in [0, 0.05) is 24.5 Å². The smallest absolute Gasteiger partial charge is 0.325 e. The summed E-state index contributed by atoms with van der Waals surface area (Å²) in [4.78, 5) is 29.7. The van der Waals surface area contributed by atoms with Gasteiger partial charge >= 0.3 is 5.97 Å². The lowest BCUT2D eigenvalue weighted by atomic mass is 10.2. The van der Waals surface area contributed by atoms with Crippen molar-refractivity contribution in [1.29, 1.82) is 0 Å². The van der Waals surface area contributed by atoms with Crippen LogP contribution in [0.2, 0.25) is 0 Å². The zero-order valence-corrected chi connectivity index (χ0v) is 12.4. The highest BCUT2D eigenvalue weighted by Gasteiger charge is 2.19. The maximum absolute atomic E-state index is 12.6. The highest BCUT2D eigenvalue weighted by atomic mass is 16.5. The van der Waals surface area contributed by atoms with Gasteiger partial charge in [-0.2, -0.15) is 0 Å². The third kappa shape index (κ3) is 4.41. The summed E-state index contributed by atoms with van der Waals surface area (Å²) in [5.74, 6) is -0.639. The van der Waals surface area contributed by atoms with E-state index in [1.165, 1.54) is 4.90 Å². The van der Waals surface area contributed by atoms with Gasteiger partial charge in [-0.25, -0.2) is 0 Å². The van der Waals surface area contributed by atoms with Crippen molar-refractivity contribution in [2.24, 2.45) is 0 Å². The van der Waals surface area contributed by atoms with Crippen LogP contribution in [-0.4, -0.2) is 34.9 Å². The quantitative estimate of drug-likeness (QED) is 0.768. The highest BCUT2D eigenvalue weighted by Crippen LogP contribution is 2.10. The maximum atomic E-state index is 12.6. The zero-order chi connectivity index (χ0) is 15.8. The molecule has 0 unspecified atom stereocenters. The Labute approximate surface area is 129 Å². The van der Waals surface area contributed by atoms with Gasteiger partial charge in [0.2, 0.25) is 0 Å². The fourth-order valence-corrected chi connectivity index (χ4v) is 2.04. The fraction of sp³-hybridized carbons (Fsp3) is 0.235. The molecule has 5 nitrogen and oxygen atoms in total. The van der Waals surface area contributed by atoms with Crippen molar-refractivity contribution in [2.45, 2.75) is 13.5 Å². The van der Waals surface area contributed by atoms with Crippen LogP contribution in [0.3, 0.4) is 0 Å². The second-order valence-corrected chi connectivity index (χ2v) is 4.69. The molecule has 114 valence electrons. The van der Waals surface area contributed by atoms with Crippen molar-refractivity contribution in [3.63, 3.8) is 0 Å². The van der Waals surface area contributed by atoms with Crippen LogP contribution in [0.25, 0.3) is 0 Å². The normalized spacial score (nSPS) is 10.0. The van der Waals surface area contributed by atoms with E-state index < -0.39 is 5.97 Å². The largest absolute Gasteiger partial charge is 0.465 e. The summed E-state index contributed by atoms with van der Waals surface area (Å²) < 4.78 is 4.95. The number of amides is 1. The zero-order valence-electron chi connectivity index (χ0n) is 12.4. The first-order valence-electron chi connectivity index (χ1n) is 7.09. The first kappa shape index (κ1) is 15.7. The number of benzene rings is 1. The van der Waals surface area contributed by atoms with Crippen molar-refractivity contribution >= 4 is 11.9 Å². The van der Waals surface area contributed by atoms with Crippen LogP contribution in [-0.2, 0) is 16.1 Å². The van der Waals surface area contributed by atoms with Gasteiger partial charge in [-0.05, 0) is 24.6 Å². The lowest BCUT2D eigenvalue weighted by Crippen LogP contribution is -2.36. The predicted molar refractivity (Wildman–Crippen MR) is 82.1 cm³/mol. The third-order valence-corrected chi connectivity index (χ3v) is 3.06. The van der Waals surface area contributed by atoms with Crippen LogP contribution in [0.5, 0.6) is 0 Å². The monoisotopic (exact) mass is 298 g/mol. The number of aromatic nitrogens is 1. The molecule has 0 spiro atoms. The van der Waals surface area contributed by atoms with E-state index >= 15 is 0 Å². The van der Waals surface area contributed by atoms with Gasteiger partial charge in [0.1, 0.15) is 6.54 Å². The van der Waals surface area contributed by atoms with Crippen molar-refractivity contribution in [1.82, 2.24) is 9.88 Å². The minimum atomic E-state index is -0.416. The molecule has 0 radical (unpaired) electrons. The molecule has 0 fully saturated rings. The Kier molecular flexibility index (Phi) is 5.65. The summed E-state index contributed by atoms with van der Waals surface area (Å²) in [6.45, 7) is 2.30. The summed E-state index contributed by atoms with van der Waals surface area (Å²) in [6.07, 6.45) is 3.11. The van der Waals surface area contributed by atoms with Crippen molar-refractivity contribution in [2.75, 3.05) is 13.2 Å². The minimum Gasteiger partial charge on any atom is -0.465 e. The minimum absolute atomic E-state index is 0.0795. The molecule has 0 aliphatic heterocycles. The van der Waals surface area contributed by atoms with E-state index in [0.29, 0.717) is 18.7 Å². The maximum Gasteiger partial charge on any atom is 0.325 e. The molecule has 1 amide bonds. The van der Waals surface area contributed by atoms with Crippen LogP contribution in [0.15, 0.2) is 54.9 Å². The molecule has 1 aromatic heterocycles. The van der Waals surface area contributed by atoms with Crippen LogP contribution in [0, 0.1) is 0 Å². The second kappa shape index (κ2) is 7.93. The number of rotatable bonds is 6. The molecular formula is C17H18N2O3. The summed E-state index contributed by atoms with van der Waals surface area (Å²) in [5, 5.41) is 0. The number of ether oxygens (including phenoxy) is 1. The summed E-state index contributed by atoms with van der Waals surface area (Å²) >= 11 is 0. The van der Waals surface area contributed by atoms with E-state index in [4.69, 9.17) is 4.74 Å². The summed E-state index contributed by atoms with van der Waals surface area (Å²) in [6, 6.07) is 12.8. The van der Waals surface area contributed by atoms with Crippen molar-refractivity contribution < 1.29 is 14.3 Å². The van der Waals surface area contributed by atoms with Gasteiger partial charge in [0.15, 0.2) is 0 Å². The molecule has 0 N–H and O–H groups in total. The Hall–Kier alpha value is -2.69. The predicted octanol–water partition coefficient (Wildman–Crippen LogP) is 2.29. The van der Waals surface area contributed by atoms with E-state index in [1.807, 2.05) is 30.3 Å². The lowest BCUT2D eigenvalue weighted by molar-refractivity contribution is -0.143. The number of nitrogens with zero attached hydrogens (tertiary/aromatic N) is 2. The first-order valence-corrected chi connectivity index (χ1v) is 7.09. The molecule has 0 aliphatic rings. The molecule has 2 rings (SSSR count). The van der Waals surface area contributed by atoms with E-state index in [0.717, 1.165) is 5.56 Å². The fourth-order valence-electron chi connectivity index (χ4n) is 2.04. The van der Waals surface area contributed by atoms with Gasteiger partial charge in [-0.1, -0.05) is 30.3 Å². The van der Waals surface area contributed by atoms with Gasteiger partial charge in [0.25, 0.3) is 5.91 Å². The summed E-state index contributed by atoms with van der Waals surface area (Å²) in [7, 11) is 0. The number of esters is 1. The molecule has 2 aromatic rings. The van der Waals surface area contributed by atoms with Gasteiger partial charge in [-0.3, -0.25) is 14.6 Å². The van der Waals surface area contributed by atoms with Gasteiger partial charge < -0.3 is 9.64 Å². The van der Waals surface area contributed by atoms with E-state index in [-0.39, 0.29) is 12.5 Å². The van der Waals surface area contributed by atoms with Crippen molar-refractivity contribution in [3.05, 3.63) is 66.0 Å². The molecule has 0 atom stereocenters. The van der Waals surface area contributed by atoms with E-state index in [2.05, 4.69) is 4.98 Å². The molecule has 1 aromatic carbocycles. The molecular weight excluding hydrogens is 280 g/mol. The number of hydrogen-bond donors (Lipinski definition) is 0. The molecule has 0 bridgehead atoms. The molecule has 0 saturated carbocycles. The van der Waals surface area contributed by atoms with Crippen molar-refractivity contribution in [3.8, 4) is 0 Å². The van der Waals surface area contributed by atoms with Gasteiger partial charge in [-0.15, -0.1) is 0 Å². The SMILES string of the molecule is CCOC(=O)CN(Cc1ccccc1)C(=O)c1ccncc1.